The second-order valence-corrected chi connectivity index (χ2v) is 7.77. The average molecular weight is 367 g/mol. The highest BCUT2D eigenvalue weighted by atomic mass is 32.2. The number of carbonyl (C=O) groups excluding carboxylic acids is 1. The van der Waals surface area contributed by atoms with E-state index in [-0.39, 0.29) is 5.91 Å². The molecule has 2 aromatic carbocycles. The number of hydrogen-bond donors (Lipinski definition) is 0. The summed E-state index contributed by atoms with van der Waals surface area (Å²) in [7, 11) is 5.86. The van der Waals surface area contributed by atoms with Gasteiger partial charge in [-0.15, -0.1) is 0 Å². The van der Waals surface area contributed by atoms with E-state index in [0.29, 0.717) is 9.23 Å². The van der Waals surface area contributed by atoms with Crippen molar-refractivity contribution in [3.05, 3.63) is 52.9 Å². The Morgan fingerprint density at radius 3 is 2.08 bits per heavy atom. The van der Waals surface area contributed by atoms with E-state index in [1.54, 1.807) is 7.05 Å². The lowest BCUT2D eigenvalue weighted by Crippen LogP contribution is -2.24. The second-order valence-electron chi connectivity index (χ2n) is 6.10. The van der Waals surface area contributed by atoms with Gasteiger partial charge in [-0.1, -0.05) is 42.2 Å². The molecule has 0 atom stereocenters. The molecule has 0 N–H and O–H groups in total. The highest BCUT2D eigenvalue weighted by molar-refractivity contribution is 8.26. The van der Waals surface area contributed by atoms with Gasteiger partial charge in [0.05, 0.1) is 27.7 Å². The minimum absolute atomic E-state index is 0.0384. The Balaban J connectivity index is 1.76. The van der Waals surface area contributed by atoms with Gasteiger partial charge in [0.2, 0.25) is 0 Å². The van der Waals surface area contributed by atoms with Crippen LogP contribution >= 0.6 is 24.0 Å². The van der Waals surface area contributed by atoms with Gasteiger partial charge < -0.3 is 9.80 Å². The van der Waals surface area contributed by atoms with Crippen molar-refractivity contribution in [2.75, 3.05) is 30.9 Å². The third-order valence-corrected chi connectivity index (χ3v) is 6.10. The molecule has 2 aliphatic rings. The molecule has 0 bridgehead atoms. The molecule has 2 heterocycles. The van der Waals surface area contributed by atoms with Gasteiger partial charge in [0.25, 0.3) is 5.91 Å². The summed E-state index contributed by atoms with van der Waals surface area (Å²) in [5, 5.41) is 0. The lowest BCUT2D eigenvalue weighted by Gasteiger charge is -2.36. The van der Waals surface area contributed by atoms with E-state index >= 15 is 0 Å². The molecule has 0 saturated carbocycles. The number of amides is 1. The molecule has 25 heavy (non-hydrogen) atoms. The van der Waals surface area contributed by atoms with Crippen LogP contribution in [-0.4, -0.2) is 36.3 Å². The summed E-state index contributed by atoms with van der Waals surface area (Å²) in [5.41, 5.74) is 5.59. The number of fused-ring (bicyclic) bond motifs is 2. The number of para-hydroxylation sites is 2. The highest BCUT2D eigenvalue weighted by Gasteiger charge is 2.29. The number of likely N-dealkylation sites (N-methyl/N-ethyl adjacent to an activating group) is 1. The zero-order chi connectivity index (χ0) is 17.7. The van der Waals surface area contributed by atoms with Crippen molar-refractivity contribution in [3.8, 4) is 0 Å². The first-order valence-corrected chi connectivity index (χ1v) is 9.12. The molecule has 4 nitrogen and oxygen atoms in total. The van der Waals surface area contributed by atoms with Crippen molar-refractivity contribution >= 4 is 63.0 Å². The molecule has 0 spiro atoms. The average Bonchev–Trinajstić information content (AvgIpc) is 2.86. The molecule has 0 unspecified atom stereocenters. The molecule has 6 heteroatoms. The van der Waals surface area contributed by atoms with Gasteiger partial charge in [-0.25, -0.2) is 0 Å². The lowest BCUT2D eigenvalue weighted by molar-refractivity contribution is -0.121. The van der Waals surface area contributed by atoms with E-state index in [4.69, 9.17) is 12.2 Å². The first-order chi connectivity index (χ1) is 12.0. The SMILES string of the molecule is CN1C(=O)/C(=C\c2ccc3c(c2)N(C)c2ccccc2N3C)SC1=S. The maximum atomic E-state index is 12.2. The molecule has 1 fully saturated rings. The first kappa shape index (κ1) is 16.2. The zero-order valence-corrected chi connectivity index (χ0v) is 15.8. The first-order valence-electron chi connectivity index (χ1n) is 7.89. The van der Waals surface area contributed by atoms with Crippen LogP contribution in [0.4, 0.5) is 22.7 Å². The van der Waals surface area contributed by atoms with E-state index in [2.05, 4.69) is 54.2 Å². The van der Waals surface area contributed by atoms with Crippen LogP contribution in [0.5, 0.6) is 0 Å². The molecule has 1 amide bonds. The third kappa shape index (κ3) is 2.53. The molecule has 4 rings (SSSR count). The van der Waals surface area contributed by atoms with Crippen molar-refractivity contribution in [3.63, 3.8) is 0 Å². The number of nitrogens with zero attached hydrogens (tertiary/aromatic N) is 3. The molecular weight excluding hydrogens is 350 g/mol. The normalized spacial score (nSPS) is 18.0. The number of rotatable bonds is 1. The molecular formula is C19H17N3OS2. The molecule has 0 radical (unpaired) electrons. The van der Waals surface area contributed by atoms with Crippen LogP contribution in [0.2, 0.25) is 0 Å². The van der Waals surface area contributed by atoms with Crippen LogP contribution in [0.25, 0.3) is 6.08 Å². The van der Waals surface area contributed by atoms with Crippen LogP contribution < -0.4 is 9.80 Å². The number of benzene rings is 2. The van der Waals surface area contributed by atoms with Gasteiger partial charge in [0, 0.05) is 21.1 Å². The number of thiocarbonyl (C=S) groups is 1. The topological polar surface area (TPSA) is 26.8 Å². The van der Waals surface area contributed by atoms with Crippen molar-refractivity contribution in [2.24, 2.45) is 0 Å². The van der Waals surface area contributed by atoms with E-state index in [1.807, 2.05) is 18.2 Å². The fourth-order valence-corrected chi connectivity index (χ4v) is 4.35. The zero-order valence-electron chi connectivity index (χ0n) is 14.2. The van der Waals surface area contributed by atoms with Crippen LogP contribution in [0.15, 0.2) is 47.4 Å². The number of hydrogen-bond acceptors (Lipinski definition) is 5. The fourth-order valence-electron chi connectivity index (χ4n) is 3.17. The fraction of sp³-hybridized carbons (Fsp3) is 0.158. The van der Waals surface area contributed by atoms with E-state index in [1.165, 1.54) is 22.3 Å². The molecule has 0 aromatic heterocycles. The van der Waals surface area contributed by atoms with Crippen molar-refractivity contribution in [2.45, 2.75) is 0 Å². The molecule has 1 saturated heterocycles. The Bertz CT molecular complexity index is 938. The smallest absolute Gasteiger partial charge is 0.265 e. The number of anilines is 4. The molecule has 126 valence electrons. The Morgan fingerprint density at radius 2 is 1.48 bits per heavy atom. The maximum absolute atomic E-state index is 12.2. The quantitative estimate of drug-likeness (QED) is 0.551. The summed E-state index contributed by atoms with van der Waals surface area (Å²) in [6, 6.07) is 14.6. The second kappa shape index (κ2) is 5.89. The monoisotopic (exact) mass is 367 g/mol. The number of thioether (sulfide) groups is 1. The third-order valence-electron chi connectivity index (χ3n) is 4.61. The minimum Gasteiger partial charge on any atom is -0.341 e. The van der Waals surface area contributed by atoms with Gasteiger partial charge >= 0.3 is 0 Å². The summed E-state index contributed by atoms with van der Waals surface area (Å²) >= 11 is 6.55. The highest BCUT2D eigenvalue weighted by Crippen LogP contribution is 2.46. The van der Waals surface area contributed by atoms with E-state index in [0.717, 1.165) is 22.6 Å². The standard InChI is InChI=1S/C19H17N3OS2/c1-20-13-6-4-5-7-14(13)21(2)16-10-12(8-9-15(16)20)11-17-18(23)22(3)19(24)25-17/h4-11H,1-3H3/b17-11+. The predicted molar refractivity (Wildman–Crippen MR) is 110 cm³/mol. The minimum atomic E-state index is -0.0384. The van der Waals surface area contributed by atoms with Gasteiger partial charge in [-0.05, 0) is 35.9 Å². The number of carbonyl (C=O) groups is 1. The Morgan fingerprint density at radius 1 is 0.880 bits per heavy atom. The van der Waals surface area contributed by atoms with Gasteiger partial charge in [-0.3, -0.25) is 9.69 Å². The van der Waals surface area contributed by atoms with Gasteiger partial charge in [-0.2, -0.15) is 0 Å². The van der Waals surface area contributed by atoms with Crippen LogP contribution in [0.1, 0.15) is 5.56 Å². The molecule has 0 aliphatic carbocycles. The summed E-state index contributed by atoms with van der Waals surface area (Å²) in [6.45, 7) is 0. The maximum Gasteiger partial charge on any atom is 0.265 e. The largest absolute Gasteiger partial charge is 0.341 e. The van der Waals surface area contributed by atoms with Crippen LogP contribution in [-0.2, 0) is 4.79 Å². The van der Waals surface area contributed by atoms with E-state index in [9.17, 15) is 4.79 Å². The summed E-state index contributed by atoms with van der Waals surface area (Å²) in [4.78, 5) is 18.8. The summed E-state index contributed by atoms with van der Waals surface area (Å²) in [5.74, 6) is -0.0384. The Kier molecular flexibility index (Phi) is 3.81. The van der Waals surface area contributed by atoms with Crippen molar-refractivity contribution in [1.82, 2.24) is 4.90 Å². The summed E-state index contributed by atoms with van der Waals surface area (Å²) < 4.78 is 0.597. The Labute approximate surface area is 156 Å². The van der Waals surface area contributed by atoms with Crippen LogP contribution in [0.3, 0.4) is 0 Å². The predicted octanol–water partition coefficient (Wildman–Crippen LogP) is 4.37. The van der Waals surface area contributed by atoms with Gasteiger partial charge in [0.1, 0.15) is 4.32 Å². The van der Waals surface area contributed by atoms with Crippen LogP contribution in [0, 0.1) is 0 Å². The molecule has 2 aromatic rings. The van der Waals surface area contributed by atoms with Crippen molar-refractivity contribution in [1.29, 1.82) is 0 Å². The van der Waals surface area contributed by atoms with Gasteiger partial charge in [0.15, 0.2) is 0 Å². The van der Waals surface area contributed by atoms with Crippen molar-refractivity contribution < 1.29 is 4.79 Å². The molecule has 2 aliphatic heterocycles. The lowest BCUT2D eigenvalue weighted by atomic mass is 10.1. The van der Waals surface area contributed by atoms with E-state index < -0.39 is 0 Å². The Hall–Kier alpha value is -2.31. The summed E-state index contributed by atoms with van der Waals surface area (Å²) in [6.07, 6.45) is 1.91.